The third kappa shape index (κ3) is 3.04. The van der Waals surface area contributed by atoms with Crippen molar-refractivity contribution in [2.45, 2.75) is 38.6 Å². The summed E-state index contributed by atoms with van der Waals surface area (Å²) in [5.74, 6) is -0.453. The van der Waals surface area contributed by atoms with Crippen molar-refractivity contribution < 1.29 is 14.4 Å². The van der Waals surface area contributed by atoms with E-state index in [1.54, 1.807) is 24.0 Å². The molecule has 4 heterocycles. The van der Waals surface area contributed by atoms with Crippen molar-refractivity contribution in [1.82, 2.24) is 15.2 Å². The zero-order chi connectivity index (χ0) is 21.8. The molecule has 0 aromatic carbocycles. The fraction of sp³-hybridized carbons (Fsp3) is 0.400. The van der Waals surface area contributed by atoms with E-state index < -0.39 is 11.6 Å². The Labute approximate surface area is 183 Å². The first kappa shape index (κ1) is 20.6. The highest BCUT2D eigenvalue weighted by atomic mass is 35.5. The number of piperazine rings is 1. The molecule has 158 valence electrons. The number of halogens is 1. The average Bonchev–Trinajstić information content (AvgIpc) is 3.15. The van der Waals surface area contributed by atoms with Crippen molar-refractivity contribution in [2.24, 2.45) is 0 Å². The highest BCUT2D eigenvalue weighted by Gasteiger charge is 2.57. The summed E-state index contributed by atoms with van der Waals surface area (Å²) in [6.07, 6.45) is 1.52. The number of pyridine rings is 1. The van der Waals surface area contributed by atoms with E-state index in [1.165, 1.54) is 17.5 Å². The molecule has 8 nitrogen and oxygen atoms in total. The van der Waals surface area contributed by atoms with Crippen molar-refractivity contribution in [1.29, 1.82) is 0 Å². The highest BCUT2D eigenvalue weighted by molar-refractivity contribution is 7.17. The predicted molar refractivity (Wildman–Crippen MR) is 116 cm³/mol. The summed E-state index contributed by atoms with van der Waals surface area (Å²) in [4.78, 5) is 45.2. The molecule has 1 atom stereocenters. The third-order valence-corrected chi connectivity index (χ3v) is 7.20. The predicted octanol–water partition coefficient (Wildman–Crippen LogP) is 3.54. The van der Waals surface area contributed by atoms with Gasteiger partial charge in [0.2, 0.25) is 5.91 Å². The minimum atomic E-state index is -1.09. The summed E-state index contributed by atoms with van der Waals surface area (Å²) in [5, 5.41) is 8.89. The summed E-state index contributed by atoms with van der Waals surface area (Å²) in [6, 6.07) is 2.75. The lowest BCUT2D eigenvalue weighted by atomic mass is 9.82. The van der Waals surface area contributed by atoms with Gasteiger partial charge >= 0.3 is 6.03 Å². The largest absolute Gasteiger partial charge is 0.352 e. The molecule has 0 radical (unpaired) electrons. The average molecular weight is 448 g/mol. The van der Waals surface area contributed by atoms with Crippen LogP contribution in [0.25, 0.3) is 0 Å². The third-order valence-electron chi connectivity index (χ3n) is 5.37. The number of aromatic nitrogens is 1. The van der Waals surface area contributed by atoms with Gasteiger partial charge in [-0.3, -0.25) is 14.9 Å². The maximum absolute atomic E-state index is 13.3. The number of fused-ring (bicyclic) bond motifs is 3. The van der Waals surface area contributed by atoms with Crippen LogP contribution in [0.2, 0.25) is 5.15 Å². The molecular formula is C20H22ClN5O3S. The molecule has 1 saturated heterocycles. The number of urea groups is 1. The summed E-state index contributed by atoms with van der Waals surface area (Å²) in [7, 11) is 0. The molecule has 1 fully saturated rings. The van der Waals surface area contributed by atoms with Gasteiger partial charge in [0, 0.05) is 29.7 Å². The minimum absolute atomic E-state index is 0.164. The Balaban J connectivity index is 1.77. The number of nitrogens with zero attached hydrogens (tertiary/aromatic N) is 2. The van der Waals surface area contributed by atoms with Crippen molar-refractivity contribution >= 4 is 51.5 Å². The van der Waals surface area contributed by atoms with Gasteiger partial charge in [-0.2, -0.15) is 0 Å². The van der Waals surface area contributed by atoms with Gasteiger partial charge in [-0.05, 0) is 24.5 Å². The first-order valence-corrected chi connectivity index (χ1v) is 10.7. The molecule has 3 N–H and O–H groups in total. The number of amides is 4. The van der Waals surface area contributed by atoms with Crippen LogP contribution in [0, 0.1) is 0 Å². The SMILES string of the molecule is CC(C)(C)c1sc(NC(=O)Nc2cccnc2Cl)c2c1C1(C)C(=O)NCCN1C2=O. The van der Waals surface area contributed by atoms with Crippen LogP contribution in [-0.4, -0.2) is 40.8 Å². The van der Waals surface area contributed by atoms with Gasteiger partial charge in [0.15, 0.2) is 5.15 Å². The minimum Gasteiger partial charge on any atom is -0.352 e. The first-order valence-electron chi connectivity index (χ1n) is 9.51. The fourth-order valence-electron chi connectivity index (χ4n) is 3.94. The zero-order valence-corrected chi connectivity index (χ0v) is 18.6. The molecule has 0 bridgehead atoms. The highest BCUT2D eigenvalue weighted by Crippen LogP contribution is 2.52. The standard InChI is InChI=1S/C20H22ClN5O3S/c1-19(2,3)13-12-11(16(27)26-9-8-23-17(28)20(12,26)4)15(30-13)25-18(29)24-10-6-5-7-22-14(10)21/h5-7H,8-9H2,1-4H3,(H,23,28)(H2,24,25,29). The van der Waals surface area contributed by atoms with E-state index in [1.807, 2.05) is 20.8 Å². The van der Waals surface area contributed by atoms with Crippen LogP contribution >= 0.6 is 22.9 Å². The van der Waals surface area contributed by atoms with Gasteiger partial charge in [-0.1, -0.05) is 32.4 Å². The van der Waals surface area contributed by atoms with E-state index in [9.17, 15) is 14.4 Å². The number of hydrogen-bond donors (Lipinski definition) is 3. The molecule has 0 spiro atoms. The van der Waals surface area contributed by atoms with E-state index in [4.69, 9.17) is 11.6 Å². The molecule has 4 amide bonds. The lowest BCUT2D eigenvalue weighted by Gasteiger charge is -2.40. The van der Waals surface area contributed by atoms with Crippen LogP contribution in [0.3, 0.4) is 0 Å². The normalized spacial score (nSPS) is 20.5. The van der Waals surface area contributed by atoms with Crippen LogP contribution in [-0.2, 0) is 15.7 Å². The molecule has 4 rings (SSSR count). The lowest BCUT2D eigenvalue weighted by Crippen LogP contribution is -2.59. The number of rotatable bonds is 2. The quantitative estimate of drug-likeness (QED) is 0.612. The molecule has 2 aliphatic rings. The molecular weight excluding hydrogens is 426 g/mol. The van der Waals surface area contributed by atoms with E-state index in [0.717, 1.165) is 4.88 Å². The fourth-order valence-corrected chi connectivity index (χ4v) is 5.45. The Hall–Kier alpha value is -2.65. The first-order chi connectivity index (χ1) is 14.0. The van der Waals surface area contributed by atoms with Crippen LogP contribution in [0.4, 0.5) is 15.5 Å². The Morgan fingerprint density at radius 1 is 1.33 bits per heavy atom. The Morgan fingerprint density at radius 2 is 2.07 bits per heavy atom. The number of carbonyl (C=O) groups excluding carboxylic acids is 3. The van der Waals surface area contributed by atoms with E-state index in [-0.39, 0.29) is 22.4 Å². The van der Waals surface area contributed by atoms with Crippen molar-refractivity contribution in [3.8, 4) is 0 Å². The molecule has 0 aliphatic carbocycles. The lowest BCUT2D eigenvalue weighted by molar-refractivity contribution is -0.134. The Bertz CT molecular complexity index is 1080. The maximum atomic E-state index is 13.3. The molecule has 2 aromatic rings. The van der Waals surface area contributed by atoms with Crippen molar-refractivity contribution in [2.75, 3.05) is 23.7 Å². The number of thiophene rings is 1. The van der Waals surface area contributed by atoms with Gasteiger partial charge in [0.05, 0.1) is 11.3 Å². The Kier molecular flexibility index (Phi) is 4.78. The van der Waals surface area contributed by atoms with E-state index in [0.29, 0.717) is 34.9 Å². The second-order valence-electron chi connectivity index (χ2n) is 8.47. The number of carbonyl (C=O) groups is 3. The van der Waals surface area contributed by atoms with Crippen LogP contribution in [0.1, 0.15) is 48.5 Å². The molecule has 2 aromatic heterocycles. The maximum Gasteiger partial charge on any atom is 0.324 e. The topological polar surface area (TPSA) is 103 Å². The number of hydrogen-bond acceptors (Lipinski definition) is 5. The van der Waals surface area contributed by atoms with E-state index in [2.05, 4.69) is 20.9 Å². The van der Waals surface area contributed by atoms with Gasteiger partial charge < -0.3 is 15.5 Å². The van der Waals surface area contributed by atoms with Gasteiger partial charge in [0.25, 0.3) is 5.91 Å². The smallest absolute Gasteiger partial charge is 0.324 e. The molecule has 0 saturated carbocycles. The molecule has 1 unspecified atom stereocenters. The van der Waals surface area contributed by atoms with Crippen molar-refractivity contribution in [3.63, 3.8) is 0 Å². The monoisotopic (exact) mass is 447 g/mol. The van der Waals surface area contributed by atoms with Gasteiger partial charge in [-0.25, -0.2) is 9.78 Å². The summed E-state index contributed by atoms with van der Waals surface area (Å²) < 4.78 is 0. The summed E-state index contributed by atoms with van der Waals surface area (Å²) in [5.41, 5.74) is 0.00613. The second kappa shape index (κ2) is 6.95. The second-order valence-corrected chi connectivity index (χ2v) is 9.84. The van der Waals surface area contributed by atoms with Crippen LogP contribution < -0.4 is 16.0 Å². The molecule has 2 aliphatic heterocycles. The zero-order valence-electron chi connectivity index (χ0n) is 17.1. The Morgan fingerprint density at radius 3 is 2.73 bits per heavy atom. The number of nitrogens with one attached hydrogen (secondary N) is 3. The summed E-state index contributed by atoms with van der Waals surface area (Å²) >= 11 is 7.34. The van der Waals surface area contributed by atoms with Gasteiger partial charge in [0.1, 0.15) is 10.5 Å². The summed E-state index contributed by atoms with van der Waals surface area (Å²) in [6.45, 7) is 8.66. The van der Waals surface area contributed by atoms with Crippen molar-refractivity contribution in [3.05, 3.63) is 39.5 Å². The molecule has 10 heteroatoms. The molecule has 30 heavy (non-hydrogen) atoms. The van der Waals surface area contributed by atoms with Gasteiger partial charge in [-0.15, -0.1) is 11.3 Å². The number of anilines is 2. The van der Waals surface area contributed by atoms with Crippen LogP contribution in [0.5, 0.6) is 0 Å². The van der Waals surface area contributed by atoms with Crippen LogP contribution in [0.15, 0.2) is 18.3 Å². The van der Waals surface area contributed by atoms with E-state index >= 15 is 0 Å².